The molecule has 120 valence electrons. The Bertz CT molecular complexity index is 1050. The van der Waals surface area contributed by atoms with E-state index in [4.69, 9.17) is 4.74 Å². The van der Waals surface area contributed by atoms with Gasteiger partial charge in [0.15, 0.2) is 23.0 Å². The summed E-state index contributed by atoms with van der Waals surface area (Å²) >= 11 is 0. The highest BCUT2D eigenvalue weighted by atomic mass is 16.5. The first-order chi connectivity index (χ1) is 11.5. The van der Waals surface area contributed by atoms with Crippen molar-refractivity contribution < 1.29 is 24.9 Å². The molecule has 5 N–H and O–H groups in total. The van der Waals surface area contributed by atoms with Gasteiger partial charge in [-0.3, -0.25) is 0 Å². The Morgan fingerprint density at radius 2 is 1.62 bits per heavy atom. The lowest BCUT2D eigenvalue weighted by molar-refractivity contribution is 0.0725. The van der Waals surface area contributed by atoms with Crippen molar-refractivity contribution in [2.75, 3.05) is 0 Å². The SMILES string of the molecule is O=C(Oc1cc2[nH]ccc2cc1O)c1cc2cc(O)c(O)cc2[nH]1. The third-order valence-corrected chi connectivity index (χ3v) is 3.77. The summed E-state index contributed by atoms with van der Waals surface area (Å²) in [4.78, 5) is 18.0. The molecule has 0 amide bonds. The first-order valence-electron chi connectivity index (χ1n) is 7.08. The van der Waals surface area contributed by atoms with Crippen LogP contribution in [-0.4, -0.2) is 31.3 Å². The summed E-state index contributed by atoms with van der Waals surface area (Å²) in [6, 6.07) is 8.95. The molecular formula is C17H12N2O5. The van der Waals surface area contributed by atoms with Crippen LogP contribution in [0.1, 0.15) is 10.5 Å². The molecule has 2 aromatic carbocycles. The predicted molar refractivity (Wildman–Crippen MR) is 86.6 cm³/mol. The minimum Gasteiger partial charge on any atom is -0.504 e. The van der Waals surface area contributed by atoms with Crippen LogP contribution in [0.4, 0.5) is 0 Å². The number of aromatic hydroxyl groups is 3. The summed E-state index contributed by atoms with van der Waals surface area (Å²) < 4.78 is 5.23. The summed E-state index contributed by atoms with van der Waals surface area (Å²) in [5, 5.41) is 30.3. The van der Waals surface area contributed by atoms with Gasteiger partial charge in [0, 0.05) is 34.6 Å². The fourth-order valence-corrected chi connectivity index (χ4v) is 2.57. The minimum absolute atomic E-state index is 0.0271. The minimum atomic E-state index is -0.702. The van der Waals surface area contributed by atoms with E-state index < -0.39 is 5.97 Å². The van der Waals surface area contributed by atoms with E-state index in [9.17, 15) is 20.1 Å². The molecule has 7 heteroatoms. The van der Waals surface area contributed by atoms with Crippen LogP contribution >= 0.6 is 0 Å². The molecule has 0 radical (unpaired) electrons. The molecule has 2 aromatic heterocycles. The van der Waals surface area contributed by atoms with Crippen molar-refractivity contribution in [1.29, 1.82) is 0 Å². The van der Waals surface area contributed by atoms with E-state index >= 15 is 0 Å². The van der Waals surface area contributed by atoms with Gasteiger partial charge < -0.3 is 30.0 Å². The number of rotatable bonds is 2. The van der Waals surface area contributed by atoms with Gasteiger partial charge in [-0.1, -0.05) is 0 Å². The highest BCUT2D eigenvalue weighted by Gasteiger charge is 2.16. The van der Waals surface area contributed by atoms with E-state index in [-0.39, 0.29) is 28.7 Å². The van der Waals surface area contributed by atoms with Crippen LogP contribution in [0.3, 0.4) is 0 Å². The number of ether oxygens (including phenoxy) is 1. The van der Waals surface area contributed by atoms with E-state index in [1.54, 1.807) is 12.3 Å². The van der Waals surface area contributed by atoms with Gasteiger partial charge in [0.1, 0.15) is 5.69 Å². The number of esters is 1. The summed E-state index contributed by atoms with van der Waals surface area (Å²) in [6.45, 7) is 0. The molecule has 0 atom stereocenters. The van der Waals surface area contributed by atoms with Gasteiger partial charge in [-0.2, -0.15) is 0 Å². The molecule has 4 aromatic rings. The third kappa shape index (κ3) is 2.19. The van der Waals surface area contributed by atoms with Gasteiger partial charge in [0.25, 0.3) is 0 Å². The zero-order valence-electron chi connectivity index (χ0n) is 12.2. The Morgan fingerprint density at radius 3 is 2.46 bits per heavy atom. The Kier molecular flexibility index (Phi) is 2.89. The zero-order chi connectivity index (χ0) is 16.8. The number of H-pyrrole nitrogens is 2. The lowest BCUT2D eigenvalue weighted by Gasteiger charge is -2.05. The van der Waals surface area contributed by atoms with E-state index in [0.717, 1.165) is 10.9 Å². The zero-order valence-corrected chi connectivity index (χ0v) is 12.2. The number of phenols is 3. The van der Waals surface area contributed by atoms with Crippen molar-refractivity contribution in [2.45, 2.75) is 0 Å². The largest absolute Gasteiger partial charge is 0.504 e. The molecule has 4 rings (SSSR count). The summed E-state index contributed by atoms with van der Waals surface area (Å²) in [5.74, 6) is -1.40. The van der Waals surface area contributed by atoms with E-state index in [1.807, 2.05) is 0 Å². The standard InChI is InChI=1S/C17H12N2O5/c20-13-5-9-3-12(19-11(9)6-14(13)21)17(23)24-16-7-10-8(1-2-18-10)4-15(16)22/h1-7,18-22H. The number of carbonyl (C=O) groups excluding carboxylic acids is 1. The average Bonchev–Trinajstić information content (AvgIpc) is 3.14. The first kappa shape index (κ1) is 14.0. The van der Waals surface area contributed by atoms with Gasteiger partial charge in [0.05, 0.1) is 5.52 Å². The van der Waals surface area contributed by atoms with Gasteiger partial charge in [-0.25, -0.2) is 4.79 Å². The first-order valence-corrected chi connectivity index (χ1v) is 7.08. The van der Waals surface area contributed by atoms with Crippen molar-refractivity contribution in [3.63, 3.8) is 0 Å². The maximum atomic E-state index is 12.3. The normalized spacial score (nSPS) is 11.2. The maximum Gasteiger partial charge on any atom is 0.360 e. The van der Waals surface area contributed by atoms with E-state index in [2.05, 4.69) is 9.97 Å². The van der Waals surface area contributed by atoms with Crippen molar-refractivity contribution in [3.05, 3.63) is 48.3 Å². The topological polar surface area (TPSA) is 119 Å². The van der Waals surface area contributed by atoms with Crippen LogP contribution in [0, 0.1) is 0 Å². The fourth-order valence-electron chi connectivity index (χ4n) is 2.57. The second-order valence-electron chi connectivity index (χ2n) is 5.39. The molecule has 0 spiro atoms. The Morgan fingerprint density at radius 1 is 0.875 bits per heavy atom. The van der Waals surface area contributed by atoms with Crippen LogP contribution in [0.5, 0.6) is 23.0 Å². The molecule has 24 heavy (non-hydrogen) atoms. The Balaban J connectivity index is 1.69. The molecule has 0 saturated carbocycles. The molecular weight excluding hydrogens is 312 g/mol. The van der Waals surface area contributed by atoms with Gasteiger partial charge in [-0.05, 0) is 24.3 Å². The van der Waals surface area contributed by atoms with Gasteiger partial charge in [-0.15, -0.1) is 0 Å². The van der Waals surface area contributed by atoms with Gasteiger partial charge in [0.2, 0.25) is 0 Å². The van der Waals surface area contributed by atoms with Crippen LogP contribution in [-0.2, 0) is 0 Å². The monoisotopic (exact) mass is 324 g/mol. The van der Waals surface area contributed by atoms with Crippen LogP contribution < -0.4 is 4.74 Å². The third-order valence-electron chi connectivity index (χ3n) is 3.77. The lowest BCUT2D eigenvalue weighted by Crippen LogP contribution is -2.08. The molecule has 7 nitrogen and oxygen atoms in total. The quantitative estimate of drug-likeness (QED) is 0.221. The number of aromatic nitrogens is 2. The number of aromatic amines is 2. The lowest BCUT2D eigenvalue weighted by atomic mass is 10.2. The molecule has 0 bridgehead atoms. The second kappa shape index (κ2) is 4.95. The van der Waals surface area contributed by atoms with E-state index in [1.165, 1.54) is 30.3 Å². The average molecular weight is 324 g/mol. The molecule has 0 aliphatic carbocycles. The number of nitrogens with one attached hydrogen (secondary N) is 2. The summed E-state index contributed by atoms with van der Waals surface area (Å²) in [6.07, 6.45) is 1.71. The van der Waals surface area contributed by atoms with Crippen molar-refractivity contribution in [1.82, 2.24) is 9.97 Å². The second-order valence-corrected chi connectivity index (χ2v) is 5.39. The number of phenolic OH excluding ortho intramolecular Hbond substituents is 3. The molecule has 0 aliphatic rings. The fraction of sp³-hybridized carbons (Fsp3) is 0. The number of hydrogen-bond donors (Lipinski definition) is 5. The number of benzene rings is 2. The van der Waals surface area contributed by atoms with Crippen LogP contribution in [0.25, 0.3) is 21.8 Å². The molecule has 0 aliphatic heterocycles. The highest BCUT2D eigenvalue weighted by Crippen LogP contribution is 2.33. The Hall–Kier alpha value is -3.61. The van der Waals surface area contributed by atoms with Crippen LogP contribution in [0.2, 0.25) is 0 Å². The van der Waals surface area contributed by atoms with Crippen molar-refractivity contribution >= 4 is 27.8 Å². The summed E-state index contributed by atoms with van der Waals surface area (Å²) in [7, 11) is 0. The maximum absolute atomic E-state index is 12.3. The molecule has 2 heterocycles. The summed E-state index contributed by atoms with van der Waals surface area (Å²) in [5.41, 5.74) is 1.32. The highest BCUT2D eigenvalue weighted by molar-refractivity contribution is 5.97. The predicted octanol–water partition coefficient (Wildman–Crippen LogP) is 2.99. The van der Waals surface area contributed by atoms with Crippen LogP contribution in [0.15, 0.2) is 42.6 Å². The van der Waals surface area contributed by atoms with Gasteiger partial charge >= 0.3 is 5.97 Å². The molecule has 0 fully saturated rings. The van der Waals surface area contributed by atoms with Crippen molar-refractivity contribution in [3.8, 4) is 23.0 Å². The smallest absolute Gasteiger partial charge is 0.360 e. The number of fused-ring (bicyclic) bond motifs is 2. The number of carbonyl (C=O) groups is 1. The van der Waals surface area contributed by atoms with E-state index in [0.29, 0.717) is 10.9 Å². The number of hydrogen-bond acceptors (Lipinski definition) is 5. The molecule has 0 saturated heterocycles. The Labute approximate surface area is 134 Å². The van der Waals surface area contributed by atoms with Crippen molar-refractivity contribution in [2.24, 2.45) is 0 Å². The molecule has 0 unspecified atom stereocenters.